The standard InChI is InChI=1S/C16H11IO3/c1-15-8-16(17)6-5-11-12(15)10(13(18)20-14(11)19)4-2-3-9(15)7-16/h2-7H,8H2,1H3. The topological polar surface area (TPSA) is 43.4 Å². The summed E-state index contributed by atoms with van der Waals surface area (Å²) in [5.41, 5.74) is 2.70. The minimum absolute atomic E-state index is 0.116. The zero-order valence-corrected chi connectivity index (χ0v) is 12.9. The van der Waals surface area contributed by atoms with Gasteiger partial charge in [-0.1, -0.05) is 53.8 Å². The highest BCUT2D eigenvalue weighted by molar-refractivity contribution is 14.1. The minimum Gasteiger partial charge on any atom is -0.386 e. The molecule has 0 aromatic heterocycles. The van der Waals surface area contributed by atoms with Gasteiger partial charge < -0.3 is 4.74 Å². The Labute approximate surface area is 129 Å². The molecule has 2 unspecified atom stereocenters. The van der Waals surface area contributed by atoms with Crippen molar-refractivity contribution < 1.29 is 14.3 Å². The van der Waals surface area contributed by atoms with E-state index < -0.39 is 11.9 Å². The van der Waals surface area contributed by atoms with E-state index in [1.807, 2.05) is 24.3 Å². The van der Waals surface area contributed by atoms with Crippen LogP contribution in [0.25, 0.3) is 0 Å². The highest BCUT2D eigenvalue weighted by Crippen LogP contribution is 2.58. The number of carbonyl (C=O) groups is 2. The molecule has 100 valence electrons. The summed E-state index contributed by atoms with van der Waals surface area (Å²) in [6.45, 7) is 2.11. The van der Waals surface area contributed by atoms with Gasteiger partial charge in [-0.25, -0.2) is 9.59 Å². The maximum Gasteiger partial charge on any atom is 0.346 e. The third kappa shape index (κ3) is 1.40. The average molecular weight is 378 g/mol. The quantitative estimate of drug-likeness (QED) is 0.282. The van der Waals surface area contributed by atoms with Crippen LogP contribution in [0, 0.1) is 5.41 Å². The second kappa shape index (κ2) is 3.61. The molecule has 2 bridgehead atoms. The number of hydrogen-bond acceptors (Lipinski definition) is 3. The molecule has 0 saturated heterocycles. The van der Waals surface area contributed by atoms with Crippen LogP contribution < -0.4 is 0 Å². The van der Waals surface area contributed by atoms with Gasteiger partial charge in [-0.3, -0.25) is 0 Å². The Morgan fingerprint density at radius 1 is 1.25 bits per heavy atom. The Bertz CT molecular complexity index is 735. The Hall–Kier alpha value is -1.43. The van der Waals surface area contributed by atoms with E-state index in [1.165, 1.54) is 0 Å². The van der Waals surface area contributed by atoms with Gasteiger partial charge in [0.05, 0.1) is 14.6 Å². The van der Waals surface area contributed by atoms with Gasteiger partial charge >= 0.3 is 11.9 Å². The summed E-state index contributed by atoms with van der Waals surface area (Å²) in [6.07, 6.45) is 12.6. The summed E-state index contributed by atoms with van der Waals surface area (Å²) >= 11 is 2.41. The van der Waals surface area contributed by atoms with Crippen molar-refractivity contribution in [1.29, 1.82) is 0 Å². The van der Waals surface area contributed by atoms with Crippen LogP contribution in [0.4, 0.5) is 0 Å². The number of cyclic esters (lactones) is 2. The zero-order chi connectivity index (χ0) is 14.1. The van der Waals surface area contributed by atoms with Crippen molar-refractivity contribution in [3.8, 4) is 0 Å². The van der Waals surface area contributed by atoms with Crippen LogP contribution in [0.5, 0.6) is 0 Å². The molecule has 0 spiro atoms. The van der Waals surface area contributed by atoms with Crippen molar-refractivity contribution in [1.82, 2.24) is 0 Å². The van der Waals surface area contributed by atoms with Gasteiger partial charge in [-0.2, -0.15) is 0 Å². The Balaban J connectivity index is 2.12. The van der Waals surface area contributed by atoms with Crippen molar-refractivity contribution in [2.24, 2.45) is 5.41 Å². The second-order valence-corrected chi connectivity index (χ2v) is 7.78. The van der Waals surface area contributed by atoms with Gasteiger partial charge in [0.25, 0.3) is 0 Å². The molecule has 0 aromatic carbocycles. The van der Waals surface area contributed by atoms with Gasteiger partial charge in [0.1, 0.15) is 0 Å². The maximum absolute atomic E-state index is 12.1. The molecule has 0 aromatic rings. The van der Waals surface area contributed by atoms with E-state index >= 15 is 0 Å². The van der Waals surface area contributed by atoms with Crippen LogP contribution in [-0.2, 0) is 14.3 Å². The lowest BCUT2D eigenvalue weighted by Crippen LogP contribution is -2.32. The van der Waals surface area contributed by atoms with Crippen molar-refractivity contribution in [3.05, 3.63) is 58.7 Å². The highest BCUT2D eigenvalue weighted by atomic mass is 127. The molecule has 4 rings (SSSR count). The minimum atomic E-state index is -0.540. The fourth-order valence-corrected chi connectivity index (χ4v) is 4.87. The van der Waals surface area contributed by atoms with E-state index in [4.69, 9.17) is 4.74 Å². The van der Waals surface area contributed by atoms with Crippen molar-refractivity contribution in [3.63, 3.8) is 0 Å². The molecule has 20 heavy (non-hydrogen) atoms. The normalized spacial score (nSPS) is 37.3. The molecule has 4 heteroatoms. The van der Waals surface area contributed by atoms with E-state index in [-0.39, 0.29) is 8.84 Å². The largest absolute Gasteiger partial charge is 0.386 e. The molecule has 0 fully saturated rings. The fraction of sp³-hybridized carbons (Fsp3) is 0.250. The number of alkyl halides is 1. The summed E-state index contributed by atoms with van der Waals surface area (Å²) in [5, 5.41) is 0. The smallest absolute Gasteiger partial charge is 0.346 e. The van der Waals surface area contributed by atoms with Crippen molar-refractivity contribution in [2.45, 2.75) is 16.8 Å². The molecule has 1 aliphatic heterocycles. The van der Waals surface area contributed by atoms with Crippen LogP contribution in [0.3, 0.4) is 0 Å². The summed E-state index contributed by atoms with van der Waals surface area (Å²) in [6, 6.07) is 0. The average Bonchev–Trinajstić information content (AvgIpc) is 2.47. The van der Waals surface area contributed by atoms with E-state index in [1.54, 1.807) is 6.08 Å². The first kappa shape index (κ1) is 12.3. The first-order valence-corrected chi connectivity index (χ1v) is 7.52. The number of carbonyl (C=O) groups excluding carboxylic acids is 2. The Kier molecular flexibility index (Phi) is 2.22. The number of esters is 2. The number of hydrogen-bond donors (Lipinski definition) is 0. The Morgan fingerprint density at radius 3 is 2.85 bits per heavy atom. The van der Waals surface area contributed by atoms with Crippen LogP contribution in [-0.4, -0.2) is 15.4 Å². The predicted octanol–water partition coefficient (Wildman–Crippen LogP) is 2.94. The van der Waals surface area contributed by atoms with Crippen LogP contribution in [0.2, 0.25) is 0 Å². The molecule has 3 nitrogen and oxygen atoms in total. The van der Waals surface area contributed by atoms with Gasteiger partial charge in [-0.05, 0) is 29.7 Å². The SMILES string of the molecule is CC12CC3(I)C=CC4=C1C(=CC=CC2=C3)C(=O)OC4=O. The molecule has 0 N–H and O–H groups in total. The van der Waals surface area contributed by atoms with Crippen LogP contribution >= 0.6 is 22.6 Å². The molecule has 0 saturated carbocycles. The van der Waals surface area contributed by atoms with E-state index in [2.05, 4.69) is 35.6 Å². The monoisotopic (exact) mass is 378 g/mol. The number of rotatable bonds is 0. The predicted molar refractivity (Wildman–Crippen MR) is 82.0 cm³/mol. The lowest BCUT2D eigenvalue weighted by atomic mass is 9.71. The van der Waals surface area contributed by atoms with Crippen molar-refractivity contribution in [2.75, 3.05) is 0 Å². The molecular formula is C16H11IO3. The molecule has 3 aliphatic carbocycles. The van der Waals surface area contributed by atoms with Gasteiger partial charge in [0.15, 0.2) is 0 Å². The molecule has 2 atom stereocenters. The molecule has 0 amide bonds. The number of allylic oxidation sites excluding steroid dienone is 6. The van der Waals surface area contributed by atoms with Gasteiger partial charge in [-0.15, -0.1) is 0 Å². The molecule has 0 radical (unpaired) electrons. The second-order valence-electron chi connectivity index (χ2n) is 5.77. The molecule has 4 aliphatic rings. The number of fused-ring (bicyclic) bond motifs is 1. The highest BCUT2D eigenvalue weighted by Gasteiger charge is 2.52. The van der Waals surface area contributed by atoms with E-state index in [0.717, 1.165) is 17.6 Å². The fourth-order valence-electron chi connectivity index (χ4n) is 3.60. The van der Waals surface area contributed by atoms with Gasteiger partial charge in [0, 0.05) is 5.41 Å². The zero-order valence-electron chi connectivity index (χ0n) is 10.8. The lowest BCUT2D eigenvalue weighted by molar-refractivity contribution is -0.154. The van der Waals surface area contributed by atoms with Crippen molar-refractivity contribution >= 4 is 34.5 Å². The van der Waals surface area contributed by atoms with Crippen LogP contribution in [0.15, 0.2) is 58.7 Å². The summed E-state index contributed by atoms with van der Waals surface area (Å²) < 4.78 is 4.75. The third-order valence-electron chi connectivity index (χ3n) is 4.44. The first-order chi connectivity index (χ1) is 9.43. The van der Waals surface area contributed by atoms with E-state index in [9.17, 15) is 9.59 Å². The van der Waals surface area contributed by atoms with Gasteiger partial charge in [0.2, 0.25) is 0 Å². The Morgan fingerprint density at radius 2 is 2.05 bits per heavy atom. The summed E-state index contributed by atoms with van der Waals surface area (Å²) in [7, 11) is 0. The lowest BCUT2D eigenvalue weighted by Gasteiger charge is -2.33. The number of ether oxygens (including phenoxy) is 1. The number of halogens is 1. The van der Waals surface area contributed by atoms with E-state index in [0.29, 0.717) is 11.1 Å². The summed E-state index contributed by atoms with van der Waals surface area (Å²) in [5.74, 6) is -1.07. The summed E-state index contributed by atoms with van der Waals surface area (Å²) in [4.78, 5) is 24.1. The first-order valence-electron chi connectivity index (χ1n) is 6.44. The maximum atomic E-state index is 12.1. The third-order valence-corrected chi connectivity index (χ3v) is 5.49. The molecular weight excluding hydrogens is 367 g/mol. The molecule has 1 heterocycles. The van der Waals surface area contributed by atoms with Crippen LogP contribution in [0.1, 0.15) is 13.3 Å².